The van der Waals surface area contributed by atoms with Gasteiger partial charge in [0, 0.05) is 12.1 Å². The van der Waals surface area contributed by atoms with Crippen molar-refractivity contribution in [3.63, 3.8) is 0 Å². The molecule has 168 valence electrons. The Morgan fingerprint density at radius 3 is 2.38 bits per heavy atom. The second-order valence-corrected chi connectivity index (χ2v) is 8.29. The van der Waals surface area contributed by atoms with E-state index in [0.29, 0.717) is 29.6 Å². The summed E-state index contributed by atoms with van der Waals surface area (Å²) in [5, 5.41) is 0.532. The minimum absolute atomic E-state index is 0.0832. The Balaban J connectivity index is 1.53. The molecule has 1 aromatic heterocycles. The summed E-state index contributed by atoms with van der Waals surface area (Å²) < 4.78 is 7.10. The van der Waals surface area contributed by atoms with E-state index in [1.54, 1.807) is 23.8 Å². The summed E-state index contributed by atoms with van der Waals surface area (Å²) in [5.74, 6) is 1.55. The molecule has 0 saturated carbocycles. The van der Waals surface area contributed by atoms with Crippen molar-refractivity contribution < 1.29 is 4.74 Å². The van der Waals surface area contributed by atoms with E-state index in [9.17, 15) is 4.79 Å². The lowest BCUT2D eigenvalue weighted by Gasteiger charge is -2.15. The monoisotopic (exact) mass is 447 g/mol. The molecule has 5 rings (SSSR count). The Labute approximate surface area is 198 Å². The average Bonchev–Trinajstić information content (AvgIpc) is 2.88. The normalized spacial score (nSPS) is 11.0. The lowest BCUT2D eigenvalue weighted by atomic mass is 10.0. The Hall–Kier alpha value is -4.38. The van der Waals surface area contributed by atoms with Gasteiger partial charge in [-0.15, -0.1) is 0 Å². The Bertz CT molecular complexity index is 1510. The van der Waals surface area contributed by atoms with Crippen LogP contribution in [0.4, 0.5) is 5.69 Å². The van der Waals surface area contributed by atoms with Crippen molar-refractivity contribution in [3.8, 4) is 16.9 Å². The summed E-state index contributed by atoms with van der Waals surface area (Å²) in [5.41, 5.74) is 11.4. The topological polar surface area (TPSA) is 70.1 Å². The van der Waals surface area contributed by atoms with Gasteiger partial charge in [-0.1, -0.05) is 66.7 Å². The average molecular weight is 448 g/mol. The van der Waals surface area contributed by atoms with Crippen LogP contribution < -0.4 is 16.0 Å². The number of benzene rings is 4. The molecule has 0 amide bonds. The van der Waals surface area contributed by atoms with E-state index in [1.165, 1.54) is 0 Å². The van der Waals surface area contributed by atoms with Crippen LogP contribution in [0.3, 0.4) is 0 Å². The highest BCUT2D eigenvalue weighted by Gasteiger charge is 2.13. The summed E-state index contributed by atoms with van der Waals surface area (Å²) in [6.07, 6.45) is 0.568. The van der Waals surface area contributed by atoms with Crippen molar-refractivity contribution in [2.24, 2.45) is 0 Å². The van der Waals surface area contributed by atoms with Gasteiger partial charge in [0.25, 0.3) is 5.56 Å². The van der Waals surface area contributed by atoms with Gasteiger partial charge in [-0.3, -0.25) is 9.36 Å². The smallest absolute Gasteiger partial charge is 0.261 e. The van der Waals surface area contributed by atoms with E-state index in [2.05, 4.69) is 30.3 Å². The van der Waals surface area contributed by atoms with Gasteiger partial charge in [-0.05, 0) is 52.6 Å². The third-order valence-corrected chi connectivity index (χ3v) is 5.96. The highest BCUT2D eigenvalue weighted by molar-refractivity contribution is 5.81. The Kier molecular flexibility index (Phi) is 5.83. The molecule has 0 atom stereocenters. The third kappa shape index (κ3) is 4.41. The summed E-state index contributed by atoms with van der Waals surface area (Å²) in [6.45, 7) is 0.428. The number of anilines is 1. The number of nitrogens with zero attached hydrogens (tertiary/aromatic N) is 2. The SMILES string of the molecule is COc1cccc(-c2ccc(Cn3c(Cc4ccccc4)nc4ccc(N)cc4c3=O)cc2)c1. The van der Waals surface area contributed by atoms with Crippen LogP contribution in [-0.4, -0.2) is 16.7 Å². The zero-order valence-corrected chi connectivity index (χ0v) is 18.9. The molecule has 5 aromatic rings. The molecule has 0 fully saturated rings. The van der Waals surface area contributed by atoms with Crippen LogP contribution in [0.25, 0.3) is 22.0 Å². The maximum absolute atomic E-state index is 13.5. The number of nitrogens with two attached hydrogens (primary N) is 1. The van der Waals surface area contributed by atoms with Crippen molar-refractivity contribution in [2.45, 2.75) is 13.0 Å². The Morgan fingerprint density at radius 1 is 0.824 bits per heavy atom. The van der Waals surface area contributed by atoms with Crippen LogP contribution in [0, 0.1) is 0 Å². The predicted octanol–water partition coefficient (Wildman–Crippen LogP) is 5.29. The standard InChI is InChI=1S/C29H25N3O2/c1-34-25-9-5-8-23(17-25)22-12-10-21(11-13-22)19-32-28(16-20-6-3-2-4-7-20)31-27-15-14-24(30)18-26(27)29(32)33/h2-15,17-18H,16,19,30H2,1H3. The van der Waals surface area contributed by atoms with Crippen molar-refractivity contribution in [1.82, 2.24) is 9.55 Å². The van der Waals surface area contributed by atoms with Crippen LogP contribution in [-0.2, 0) is 13.0 Å². The van der Waals surface area contributed by atoms with Gasteiger partial charge in [-0.25, -0.2) is 4.98 Å². The van der Waals surface area contributed by atoms with Gasteiger partial charge >= 0.3 is 0 Å². The number of fused-ring (bicyclic) bond motifs is 1. The zero-order valence-electron chi connectivity index (χ0n) is 18.9. The van der Waals surface area contributed by atoms with Gasteiger partial charge in [0.2, 0.25) is 0 Å². The minimum Gasteiger partial charge on any atom is -0.497 e. The van der Waals surface area contributed by atoms with E-state index in [4.69, 9.17) is 15.5 Å². The molecule has 0 radical (unpaired) electrons. The fourth-order valence-corrected chi connectivity index (χ4v) is 4.15. The molecular weight excluding hydrogens is 422 g/mol. The first-order chi connectivity index (χ1) is 16.6. The first-order valence-corrected chi connectivity index (χ1v) is 11.2. The Morgan fingerprint density at radius 2 is 1.62 bits per heavy atom. The molecular formula is C29H25N3O2. The first kappa shape index (κ1) is 21.5. The highest BCUT2D eigenvalue weighted by Crippen LogP contribution is 2.24. The van der Waals surface area contributed by atoms with Crippen LogP contribution in [0.15, 0.2) is 102 Å². The van der Waals surface area contributed by atoms with Crippen LogP contribution in [0.2, 0.25) is 0 Å². The summed E-state index contributed by atoms with van der Waals surface area (Å²) >= 11 is 0. The lowest BCUT2D eigenvalue weighted by molar-refractivity contribution is 0.415. The number of nitrogen functional groups attached to an aromatic ring is 1. The molecule has 4 aromatic carbocycles. The molecule has 0 aliphatic heterocycles. The zero-order chi connectivity index (χ0) is 23.5. The largest absolute Gasteiger partial charge is 0.497 e. The molecule has 0 spiro atoms. The van der Waals surface area contributed by atoms with Crippen molar-refractivity contribution in [2.75, 3.05) is 12.8 Å². The number of hydrogen-bond acceptors (Lipinski definition) is 4. The van der Waals surface area contributed by atoms with E-state index in [-0.39, 0.29) is 5.56 Å². The molecule has 0 aliphatic rings. The molecule has 0 unspecified atom stereocenters. The molecule has 0 saturated heterocycles. The quantitative estimate of drug-likeness (QED) is 0.359. The van der Waals surface area contributed by atoms with Gasteiger partial charge < -0.3 is 10.5 Å². The van der Waals surface area contributed by atoms with Gasteiger partial charge in [0.05, 0.1) is 24.6 Å². The second kappa shape index (κ2) is 9.24. The molecule has 0 aliphatic carbocycles. The summed E-state index contributed by atoms with van der Waals surface area (Å²) in [6, 6.07) is 31.6. The summed E-state index contributed by atoms with van der Waals surface area (Å²) in [7, 11) is 1.66. The fourth-order valence-electron chi connectivity index (χ4n) is 4.15. The third-order valence-electron chi connectivity index (χ3n) is 5.96. The lowest BCUT2D eigenvalue weighted by Crippen LogP contribution is -2.26. The van der Waals surface area contributed by atoms with Gasteiger partial charge in [-0.2, -0.15) is 0 Å². The van der Waals surface area contributed by atoms with E-state index >= 15 is 0 Å². The van der Waals surface area contributed by atoms with E-state index in [1.807, 2.05) is 54.6 Å². The minimum atomic E-state index is -0.0832. The van der Waals surface area contributed by atoms with E-state index in [0.717, 1.165) is 33.8 Å². The predicted molar refractivity (Wildman–Crippen MR) is 137 cm³/mol. The number of ether oxygens (including phenoxy) is 1. The van der Waals surface area contributed by atoms with Crippen LogP contribution in [0.5, 0.6) is 5.75 Å². The van der Waals surface area contributed by atoms with Gasteiger partial charge in [0.15, 0.2) is 0 Å². The fraction of sp³-hybridized carbons (Fsp3) is 0.103. The number of rotatable bonds is 6. The van der Waals surface area contributed by atoms with Crippen molar-refractivity contribution in [3.05, 3.63) is 124 Å². The molecule has 5 heteroatoms. The van der Waals surface area contributed by atoms with Gasteiger partial charge in [0.1, 0.15) is 11.6 Å². The van der Waals surface area contributed by atoms with Crippen molar-refractivity contribution in [1.29, 1.82) is 0 Å². The van der Waals surface area contributed by atoms with Crippen LogP contribution >= 0.6 is 0 Å². The first-order valence-electron chi connectivity index (χ1n) is 11.2. The molecule has 34 heavy (non-hydrogen) atoms. The van der Waals surface area contributed by atoms with E-state index < -0.39 is 0 Å². The maximum atomic E-state index is 13.5. The summed E-state index contributed by atoms with van der Waals surface area (Å²) in [4.78, 5) is 18.4. The number of methoxy groups -OCH3 is 1. The maximum Gasteiger partial charge on any atom is 0.261 e. The second-order valence-electron chi connectivity index (χ2n) is 8.29. The number of hydrogen-bond donors (Lipinski definition) is 1. The van der Waals surface area contributed by atoms with Crippen molar-refractivity contribution >= 4 is 16.6 Å². The number of aromatic nitrogens is 2. The molecule has 1 heterocycles. The molecule has 5 nitrogen and oxygen atoms in total. The molecule has 2 N–H and O–H groups in total. The highest BCUT2D eigenvalue weighted by atomic mass is 16.5. The van der Waals surface area contributed by atoms with Crippen LogP contribution in [0.1, 0.15) is 17.0 Å². The molecule has 0 bridgehead atoms.